The Labute approximate surface area is 122 Å². The van der Waals surface area contributed by atoms with Gasteiger partial charge in [-0.2, -0.15) is 0 Å². The molecule has 0 atom stereocenters. The van der Waals surface area contributed by atoms with Crippen LogP contribution in [0.3, 0.4) is 0 Å². The predicted molar refractivity (Wildman–Crippen MR) is 82.4 cm³/mol. The number of aryl methyl sites for hydroxylation is 2. The second kappa shape index (κ2) is 7.24. The molecule has 4 heteroatoms. The highest BCUT2D eigenvalue weighted by atomic mass is 79.9. The minimum absolute atomic E-state index is 0.859. The summed E-state index contributed by atoms with van der Waals surface area (Å²) in [7, 11) is 0. The van der Waals surface area contributed by atoms with Crippen LogP contribution in [-0.2, 0) is 12.8 Å². The maximum atomic E-state index is 4.56. The highest BCUT2D eigenvalue weighted by molar-refractivity contribution is 9.10. The minimum atomic E-state index is 0.859. The second-order valence-electron chi connectivity index (χ2n) is 4.40. The van der Waals surface area contributed by atoms with Gasteiger partial charge >= 0.3 is 0 Å². The smallest absolute Gasteiger partial charge is 0.144 e. The Kier molecular flexibility index (Phi) is 5.33. The van der Waals surface area contributed by atoms with E-state index in [2.05, 4.69) is 62.4 Å². The molecule has 0 saturated heterocycles. The van der Waals surface area contributed by atoms with E-state index in [1.165, 1.54) is 5.56 Å². The Morgan fingerprint density at radius 3 is 2.68 bits per heavy atom. The molecule has 3 nitrogen and oxygen atoms in total. The van der Waals surface area contributed by atoms with Gasteiger partial charge in [0.05, 0.1) is 4.47 Å². The van der Waals surface area contributed by atoms with Crippen molar-refractivity contribution in [2.45, 2.75) is 26.2 Å². The van der Waals surface area contributed by atoms with Crippen molar-refractivity contribution in [3.63, 3.8) is 0 Å². The maximum absolute atomic E-state index is 4.56. The first kappa shape index (κ1) is 14.0. The van der Waals surface area contributed by atoms with Crippen LogP contribution >= 0.6 is 15.9 Å². The Morgan fingerprint density at radius 2 is 1.95 bits per heavy atom. The van der Waals surface area contributed by atoms with Gasteiger partial charge in [0.25, 0.3) is 0 Å². The molecule has 0 unspecified atom stereocenters. The summed E-state index contributed by atoms with van der Waals surface area (Å²) in [6.07, 6.45) is 4.73. The lowest BCUT2D eigenvalue weighted by molar-refractivity contribution is 0.850. The van der Waals surface area contributed by atoms with E-state index in [-0.39, 0.29) is 0 Å². The van der Waals surface area contributed by atoms with Gasteiger partial charge in [-0.3, -0.25) is 0 Å². The molecule has 0 aliphatic carbocycles. The first-order valence-electron chi connectivity index (χ1n) is 6.59. The highest BCUT2D eigenvalue weighted by Crippen LogP contribution is 2.19. The lowest BCUT2D eigenvalue weighted by atomic mass is 10.1. The Morgan fingerprint density at radius 1 is 1.16 bits per heavy atom. The predicted octanol–water partition coefficient (Wildman–Crippen LogP) is 3.85. The number of nitrogens with zero attached hydrogens (tertiary/aromatic N) is 2. The number of aromatic nitrogens is 2. The fourth-order valence-electron chi connectivity index (χ4n) is 1.79. The zero-order valence-corrected chi connectivity index (χ0v) is 12.7. The van der Waals surface area contributed by atoms with Crippen LogP contribution in [-0.4, -0.2) is 16.5 Å². The minimum Gasteiger partial charge on any atom is -0.369 e. The molecule has 0 saturated carbocycles. The summed E-state index contributed by atoms with van der Waals surface area (Å²) in [6.45, 7) is 3.06. The normalized spacial score (nSPS) is 10.4. The molecule has 0 radical (unpaired) electrons. The SMILES string of the molecule is CCCNc1nc(CCc2ccccc2)ncc1Br. The van der Waals surface area contributed by atoms with Crippen molar-refractivity contribution in [3.8, 4) is 0 Å². The van der Waals surface area contributed by atoms with E-state index in [0.717, 1.165) is 41.9 Å². The zero-order chi connectivity index (χ0) is 13.5. The third-order valence-electron chi connectivity index (χ3n) is 2.82. The van der Waals surface area contributed by atoms with Gasteiger partial charge in [0.1, 0.15) is 11.6 Å². The summed E-state index contributed by atoms with van der Waals surface area (Å²) < 4.78 is 0.921. The van der Waals surface area contributed by atoms with Crippen molar-refractivity contribution in [1.29, 1.82) is 0 Å². The number of benzene rings is 1. The van der Waals surface area contributed by atoms with Crippen LogP contribution in [0.15, 0.2) is 41.0 Å². The topological polar surface area (TPSA) is 37.8 Å². The van der Waals surface area contributed by atoms with Gasteiger partial charge in [0.2, 0.25) is 0 Å². The average molecular weight is 320 g/mol. The van der Waals surface area contributed by atoms with Crippen molar-refractivity contribution in [2.75, 3.05) is 11.9 Å². The Bertz CT molecular complexity index is 514. The molecule has 0 amide bonds. The fraction of sp³-hybridized carbons (Fsp3) is 0.333. The number of hydrogen-bond acceptors (Lipinski definition) is 3. The molecule has 0 spiro atoms. The summed E-state index contributed by atoms with van der Waals surface area (Å²) in [5.41, 5.74) is 1.32. The van der Waals surface area contributed by atoms with Crippen molar-refractivity contribution in [2.24, 2.45) is 0 Å². The number of anilines is 1. The van der Waals surface area contributed by atoms with E-state index in [9.17, 15) is 0 Å². The summed E-state index contributed by atoms with van der Waals surface area (Å²) in [4.78, 5) is 8.92. The largest absolute Gasteiger partial charge is 0.369 e. The second-order valence-corrected chi connectivity index (χ2v) is 5.25. The summed E-state index contributed by atoms with van der Waals surface area (Å²) in [5.74, 6) is 1.77. The van der Waals surface area contributed by atoms with Crippen LogP contribution in [0.1, 0.15) is 24.7 Å². The van der Waals surface area contributed by atoms with E-state index in [0.29, 0.717) is 0 Å². The first-order valence-corrected chi connectivity index (χ1v) is 7.38. The molecule has 1 aromatic heterocycles. The van der Waals surface area contributed by atoms with E-state index >= 15 is 0 Å². The van der Waals surface area contributed by atoms with Gasteiger partial charge < -0.3 is 5.32 Å². The Balaban J connectivity index is 2.00. The zero-order valence-electron chi connectivity index (χ0n) is 11.1. The van der Waals surface area contributed by atoms with Gasteiger partial charge in [0.15, 0.2) is 0 Å². The molecule has 1 N–H and O–H groups in total. The average Bonchev–Trinajstić information content (AvgIpc) is 2.46. The molecular weight excluding hydrogens is 302 g/mol. The molecule has 0 bridgehead atoms. The molecule has 1 heterocycles. The quantitative estimate of drug-likeness (QED) is 0.878. The lowest BCUT2D eigenvalue weighted by Gasteiger charge is -2.08. The highest BCUT2D eigenvalue weighted by Gasteiger charge is 2.04. The van der Waals surface area contributed by atoms with Gasteiger partial charge in [-0.1, -0.05) is 37.3 Å². The third kappa shape index (κ3) is 4.31. The van der Waals surface area contributed by atoms with Crippen LogP contribution in [0, 0.1) is 0 Å². The van der Waals surface area contributed by atoms with Crippen LogP contribution < -0.4 is 5.32 Å². The van der Waals surface area contributed by atoms with Crippen LogP contribution in [0.2, 0.25) is 0 Å². The molecule has 2 aromatic rings. The van der Waals surface area contributed by atoms with E-state index in [1.54, 1.807) is 0 Å². The molecular formula is C15H18BrN3. The number of halogens is 1. The van der Waals surface area contributed by atoms with Crippen LogP contribution in [0.5, 0.6) is 0 Å². The maximum Gasteiger partial charge on any atom is 0.144 e. The molecule has 0 aliphatic heterocycles. The lowest BCUT2D eigenvalue weighted by Crippen LogP contribution is -2.06. The fourth-order valence-corrected chi connectivity index (χ4v) is 2.12. The van der Waals surface area contributed by atoms with Crippen molar-refractivity contribution < 1.29 is 0 Å². The number of hydrogen-bond donors (Lipinski definition) is 1. The van der Waals surface area contributed by atoms with Crippen LogP contribution in [0.4, 0.5) is 5.82 Å². The van der Waals surface area contributed by atoms with Gasteiger partial charge in [-0.15, -0.1) is 0 Å². The summed E-state index contributed by atoms with van der Waals surface area (Å²) in [6, 6.07) is 10.4. The van der Waals surface area contributed by atoms with Crippen molar-refractivity contribution in [1.82, 2.24) is 9.97 Å². The molecule has 100 valence electrons. The van der Waals surface area contributed by atoms with Crippen LogP contribution in [0.25, 0.3) is 0 Å². The van der Waals surface area contributed by atoms with Gasteiger partial charge in [0, 0.05) is 19.2 Å². The number of rotatable bonds is 6. The third-order valence-corrected chi connectivity index (χ3v) is 3.40. The van der Waals surface area contributed by atoms with E-state index in [1.807, 2.05) is 12.3 Å². The summed E-state index contributed by atoms with van der Waals surface area (Å²) >= 11 is 3.47. The first-order chi connectivity index (χ1) is 9.29. The van der Waals surface area contributed by atoms with Crippen molar-refractivity contribution >= 4 is 21.7 Å². The molecule has 2 rings (SSSR count). The standard InChI is InChI=1S/C15H18BrN3/c1-2-10-17-15-13(16)11-18-14(19-15)9-8-12-6-4-3-5-7-12/h3-7,11H,2,8-10H2,1H3,(H,17,18,19). The Hall–Kier alpha value is -1.42. The van der Waals surface area contributed by atoms with Crippen molar-refractivity contribution in [3.05, 3.63) is 52.4 Å². The molecule has 0 aliphatic rings. The van der Waals surface area contributed by atoms with Gasteiger partial charge in [-0.05, 0) is 34.3 Å². The summed E-state index contributed by atoms with van der Waals surface area (Å²) in [5, 5.41) is 3.30. The number of nitrogens with one attached hydrogen (secondary N) is 1. The van der Waals surface area contributed by atoms with E-state index < -0.39 is 0 Å². The molecule has 19 heavy (non-hydrogen) atoms. The molecule has 1 aromatic carbocycles. The molecule has 0 fully saturated rings. The monoisotopic (exact) mass is 319 g/mol. The van der Waals surface area contributed by atoms with E-state index in [4.69, 9.17) is 0 Å². The van der Waals surface area contributed by atoms with Gasteiger partial charge in [-0.25, -0.2) is 9.97 Å².